The molecular formula is C44H57N7O5S. The minimum Gasteiger partial charge on any atom is -0.378 e. The van der Waals surface area contributed by atoms with E-state index in [1.807, 2.05) is 83.6 Å². The standard InChI is InChI=1S/C44H57N7O5S/c1-34-29-38(17-18-40(34)47-48-44-39(30-45)35(2)43(31-46)57-44)51(32-41(36-13-9-7-10-14-36)55-27-25-53-22-20-50(5)6)33-42(37-15-11-8-12-16-37)56-28-26-54-24-23-52-21-19-49(3)4/h7-18,29,41-42H,19-28,32-33H2,1-6H3. The number of azo groups is 1. The third-order valence-corrected chi connectivity index (χ3v) is 10.2. The molecule has 304 valence electrons. The van der Waals surface area contributed by atoms with Gasteiger partial charge in [0.05, 0.1) is 64.1 Å². The minimum absolute atomic E-state index is 0.267. The number of anilines is 1. The van der Waals surface area contributed by atoms with Gasteiger partial charge in [-0.2, -0.15) is 10.5 Å². The molecule has 4 aromatic rings. The zero-order chi connectivity index (χ0) is 40.8. The lowest BCUT2D eigenvalue weighted by atomic mass is 10.1. The van der Waals surface area contributed by atoms with E-state index in [0.29, 0.717) is 92.6 Å². The lowest BCUT2D eigenvalue weighted by Gasteiger charge is -2.33. The first-order valence-electron chi connectivity index (χ1n) is 19.3. The van der Waals surface area contributed by atoms with Crippen molar-refractivity contribution in [2.24, 2.45) is 10.2 Å². The molecule has 0 saturated heterocycles. The van der Waals surface area contributed by atoms with Crippen molar-refractivity contribution in [2.45, 2.75) is 26.1 Å². The number of nitrogens with zero attached hydrogens (tertiary/aromatic N) is 7. The van der Waals surface area contributed by atoms with Crippen molar-refractivity contribution in [3.05, 3.63) is 112 Å². The van der Waals surface area contributed by atoms with Crippen molar-refractivity contribution in [3.8, 4) is 12.1 Å². The topological polar surface area (TPSA) is 128 Å². The third kappa shape index (κ3) is 15.4. The molecule has 0 N–H and O–H groups in total. The van der Waals surface area contributed by atoms with Gasteiger partial charge in [-0.25, -0.2) is 0 Å². The molecule has 0 fully saturated rings. The Bertz CT molecular complexity index is 1880. The number of hydrogen-bond acceptors (Lipinski definition) is 13. The average molecular weight is 796 g/mol. The second kappa shape index (κ2) is 25.0. The van der Waals surface area contributed by atoms with Gasteiger partial charge in [0.1, 0.15) is 29.2 Å². The van der Waals surface area contributed by atoms with Crippen molar-refractivity contribution in [2.75, 3.05) is 112 Å². The first kappa shape index (κ1) is 45.2. The largest absolute Gasteiger partial charge is 0.378 e. The quantitative estimate of drug-likeness (QED) is 0.0456. The summed E-state index contributed by atoms with van der Waals surface area (Å²) in [6, 6.07) is 30.9. The highest BCUT2D eigenvalue weighted by molar-refractivity contribution is 7.16. The van der Waals surface area contributed by atoms with Crippen LogP contribution in [-0.4, -0.2) is 117 Å². The van der Waals surface area contributed by atoms with Gasteiger partial charge in [0.25, 0.3) is 0 Å². The molecule has 0 radical (unpaired) electrons. The first-order chi connectivity index (χ1) is 27.7. The molecule has 12 nitrogen and oxygen atoms in total. The van der Waals surface area contributed by atoms with E-state index in [1.165, 1.54) is 11.3 Å². The van der Waals surface area contributed by atoms with E-state index in [9.17, 15) is 10.5 Å². The van der Waals surface area contributed by atoms with Crippen molar-refractivity contribution in [1.82, 2.24) is 9.80 Å². The van der Waals surface area contributed by atoms with E-state index >= 15 is 0 Å². The van der Waals surface area contributed by atoms with Crippen LogP contribution in [0.2, 0.25) is 0 Å². The molecule has 4 rings (SSSR count). The fourth-order valence-corrected chi connectivity index (χ4v) is 6.68. The summed E-state index contributed by atoms with van der Waals surface area (Å²) >= 11 is 1.17. The average Bonchev–Trinajstić information content (AvgIpc) is 3.53. The molecule has 1 heterocycles. The summed E-state index contributed by atoms with van der Waals surface area (Å²) in [6.07, 6.45) is -0.547. The Balaban J connectivity index is 1.58. The predicted molar refractivity (Wildman–Crippen MR) is 226 cm³/mol. The van der Waals surface area contributed by atoms with Crippen LogP contribution in [-0.2, 0) is 23.7 Å². The molecule has 0 amide bonds. The zero-order valence-corrected chi connectivity index (χ0v) is 35.0. The summed E-state index contributed by atoms with van der Waals surface area (Å²) in [5.41, 5.74) is 5.65. The van der Waals surface area contributed by atoms with Gasteiger partial charge in [0.2, 0.25) is 0 Å². The Morgan fingerprint density at radius 2 is 1.14 bits per heavy atom. The molecule has 0 aliphatic carbocycles. The summed E-state index contributed by atoms with van der Waals surface area (Å²) in [7, 11) is 8.11. The molecule has 1 aromatic heterocycles. The number of rotatable bonds is 26. The Labute approximate surface area is 342 Å². The SMILES string of the molecule is Cc1cc(N(CC(OCCOCCOCCN(C)C)c2ccccc2)CC(OCCOCCN(C)C)c2ccccc2)ccc1N=Nc1sc(C#N)c(C)c1C#N. The van der Waals surface area contributed by atoms with Gasteiger partial charge in [0, 0.05) is 31.9 Å². The van der Waals surface area contributed by atoms with Gasteiger partial charge in [-0.05, 0) is 82.5 Å². The number of aryl methyl sites for hydroxylation is 1. The predicted octanol–water partition coefficient (Wildman–Crippen LogP) is 8.02. The molecule has 57 heavy (non-hydrogen) atoms. The van der Waals surface area contributed by atoms with Crippen molar-refractivity contribution < 1.29 is 23.7 Å². The number of thiophene rings is 1. The lowest BCUT2D eigenvalue weighted by molar-refractivity contribution is -0.0137. The number of benzene rings is 3. The van der Waals surface area contributed by atoms with Crippen LogP contribution in [0, 0.1) is 36.5 Å². The highest BCUT2D eigenvalue weighted by Gasteiger charge is 2.23. The van der Waals surface area contributed by atoms with Crippen LogP contribution in [0.5, 0.6) is 0 Å². The number of hydrogen-bond donors (Lipinski definition) is 0. The Hall–Kier alpha value is -4.54. The van der Waals surface area contributed by atoms with Gasteiger partial charge < -0.3 is 38.4 Å². The van der Waals surface area contributed by atoms with Crippen LogP contribution >= 0.6 is 11.3 Å². The summed E-state index contributed by atoms with van der Waals surface area (Å²) < 4.78 is 30.6. The highest BCUT2D eigenvalue weighted by atomic mass is 32.1. The first-order valence-corrected chi connectivity index (χ1v) is 20.1. The lowest BCUT2D eigenvalue weighted by Crippen LogP contribution is -2.35. The fourth-order valence-electron chi connectivity index (χ4n) is 5.80. The van der Waals surface area contributed by atoms with Crippen LogP contribution in [0.1, 0.15) is 44.9 Å². The highest BCUT2D eigenvalue weighted by Crippen LogP contribution is 2.36. The zero-order valence-electron chi connectivity index (χ0n) is 34.2. The van der Waals surface area contributed by atoms with Gasteiger partial charge >= 0.3 is 0 Å². The molecule has 13 heteroatoms. The van der Waals surface area contributed by atoms with E-state index in [1.54, 1.807) is 6.92 Å². The van der Waals surface area contributed by atoms with Crippen LogP contribution in [0.25, 0.3) is 0 Å². The van der Waals surface area contributed by atoms with Crippen LogP contribution in [0.3, 0.4) is 0 Å². The van der Waals surface area contributed by atoms with Crippen LogP contribution in [0.15, 0.2) is 89.1 Å². The molecule has 0 saturated carbocycles. The van der Waals surface area contributed by atoms with E-state index < -0.39 is 0 Å². The normalized spacial score (nSPS) is 12.6. The maximum atomic E-state index is 9.71. The Kier molecular flexibility index (Phi) is 19.8. The summed E-state index contributed by atoms with van der Waals surface area (Å²) in [4.78, 5) is 6.94. The van der Waals surface area contributed by atoms with E-state index in [-0.39, 0.29) is 12.2 Å². The summed E-state index contributed by atoms with van der Waals surface area (Å²) in [6.45, 7) is 10.6. The van der Waals surface area contributed by atoms with Gasteiger partial charge in [-0.3, -0.25) is 0 Å². The monoisotopic (exact) mass is 795 g/mol. The summed E-state index contributed by atoms with van der Waals surface area (Å²) in [5.74, 6) is 0. The Morgan fingerprint density at radius 1 is 0.632 bits per heavy atom. The van der Waals surface area contributed by atoms with Gasteiger partial charge in [0.15, 0.2) is 5.00 Å². The number of likely N-dealkylation sites (N-methyl/N-ethyl adjacent to an activating group) is 2. The second-order valence-electron chi connectivity index (χ2n) is 14.0. The maximum absolute atomic E-state index is 9.71. The second-order valence-corrected chi connectivity index (χ2v) is 15.0. The molecule has 2 atom stereocenters. The maximum Gasteiger partial charge on any atom is 0.158 e. The van der Waals surface area contributed by atoms with E-state index in [2.05, 4.69) is 67.4 Å². The fraction of sp³-hybridized carbons (Fsp3) is 0.455. The number of nitriles is 2. The van der Waals surface area contributed by atoms with Gasteiger partial charge in [-0.1, -0.05) is 60.7 Å². The number of ether oxygens (including phenoxy) is 5. The molecular weight excluding hydrogens is 739 g/mol. The minimum atomic E-state index is -0.280. The van der Waals surface area contributed by atoms with Crippen LogP contribution in [0.4, 0.5) is 16.4 Å². The van der Waals surface area contributed by atoms with Crippen molar-refractivity contribution in [3.63, 3.8) is 0 Å². The molecule has 0 aliphatic heterocycles. The van der Waals surface area contributed by atoms with Crippen molar-refractivity contribution in [1.29, 1.82) is 10.5 Å². The van der Waals surface area contributed by atoms with E-state index in [0.717, 1.165) is 35.5 Å². The van der Waals surface area contributed by atoms with E-state index in [4.69, 9.17) is 23.7 Å². The molecule has 2 unspecified atom stereocenters. The Morgan fingerprint density at radius 3 is 1.61 bits per heavy atom. The summed E-state index contributed by atoms with van der Waals surface area (Å²) in [5, 5.41) is 28.6. The molecule has 0 aliphatic rings. The van der Waals surface area contributed by atoms with Gasteiger partial charge in [-0.15, -0.1) is 21.6 Å². The molecule has 3 aromatic carbocycles. The smallest absolute Gasteiger partial charge is 0.158 e. The third-order valence-electron chi connectivity index (χ3n) is 9.08. The van der Waals surface area contributed by atoms with Crippen LogP contribution < -0.4 is 4.90 Å². The molecule has 0 spiro atoms. The molecule has 0 bridgehead atoms. The van der Waals surface area contributed by atoms with Crippen molar-refractivity contribution >= 4 is 27.7 Å².